The summed E-state index contributed by atoms with van der Waals surface area (Å²) in [7, 11) is -0.700. The van der Waals surface area contributed by atoms with E-state index in [0.29, 0.717) is 11.5 Å². The van der Waals surface area contributed by atoms with E-state index in [4.69, 9.17) is 0 Å². The molecule has 1 heterocycles. The van der Waals surface area contributed by atoms with Crippen LogP contribution in [0.5, 0.6) is 0 Å². The van der Waals surface area contributed by atoms with Crippen molar-refractivity contribution in [2.24, 2.45) is 0 Å². The van der Waals surface area contributed by atoms with Gasteiger partial charge in [0.25, 0.3) is 0 Å². The van der Waals surface area contributed by atoms with Gasteiger partial charge < -0.3 is 4.90 Å². The van der Waals surface area contributed by atoms with E-state index in [0.717, 1.165) is 37.3 Å². The van der Waals surface area contributed by atoms with Crippen LogP contribution < -0.4 is 0 Å². The molecule has 6 heteroatoms. The van der Waals surface area contributed by atoms with E-state index in [1.165, 1.54) is 0 Å². The average molecular weight is 305 g/mol. The quantitative estimate of drug-likeness (QED) is 0.856. The SMILES string of the molecule is C[C@H](CN1CCS(=O)CC1)c1ccc(C(F)(F)F)cc1. The van der Waals surface area contributed by atoms with E-state index in [2.05, 4.69) is 4.90 Å². The topological polar surface area (TPSA) is 20.3 Å². The molecule has 1 saturated heterocycles. The van der Waals surface area contributed by atoms with Gasteiger partial charge in [0.05, 0.1) is 5.56 Å². The molecule has 0 amide bonds. The Balaban J connectivity index is 1.95. The fourth-order valence-electron chi connectivity index (χ4n) is 2.35. The molecule has 0 aromatic heterocycles. The predicted molar refractivity (Wildman–Crippen MR) is 74.2 cm³/mol. The molecule has 2 nitrogen and oxygen atoms in total. The van der Waals surface area contributed by atoms with Gasteiger partial charge in [-0.3, -0.25) is 4.21 Å². The van der Waals surface area contributed by atoms with E-state index >= 15 is 0 Å². The van der Waals surface area contributed by atoms with Crippen LogP contribution in [0.25, 0.3) is 0 Å². The lowest BCUT2D eigenvalue weighted by molar-refractivity contribution is -0.137. The van der Waals surface area contributed by atoms with Gasteiger partial charge in [-0.15, -0.1) is 0 Å². The molecular weight excluding hydrogens is 287 g/mol. The number of benzene rings is 1. The van der Waals surface area contributed by atoms with Crippen LogP contribution in [0.4, 0.5) is 13.2 Å². The summed E-state index contributed by atoms with van der Waals surface area (Å²) in [5.41, 5.74) is 0.298. The monoisotopic (exact) mass is 305 g/mol. The van der Waals surface area contributed by atoms with Crippen molar-refractivity contribution in [2.75, 3.05) is 31.1 Å². The van der Waals surface area contributed by atoms with Crippen LogP contribution in [0, 0.1) is 0 Å². The second-order valence-corrected chi connectivity index (χ2v) is 6.87. The zero-order valence-electron chi connectivity index (χ0n) is 11.3. The van der Waals surface area contributed by atoms with E-state index < -0.39 is 22.5 Å². The molecule has 112 valence electrons. The van der Waals surface area contributed by atoms with Crippen molar-refractivity contribution in [2.45, 2.75) is 19.0 Å². The van der Waals surface area contributed by atoms with Crippen molar-refractivity contribution in [1.29, 1.82) is 0 Å². The predicted octanol–water partition coefficient (Wildman–Crippen LogP) is 2.87. The summed E-state index contributed by atoms with van der Waals surface area (Å²) in [6.45, 7) is 4.41. The van der Waals surface area contributed by atoms with Gasteiger partial charge in [0.1, 0.15) is 0 Å². The molecule has 1 aliphatic rings. The molecule has 0 bridgehead atoms. The molecular formula is C14H18F3NOS. The van der Waals surface area contributed by atoms with Gasteiger partial charge >= 0.3 is 6.18 Å². The normalized spacial score (nSPS) is 20.0. The molecule has 20 heavy (non-hydrogen) atoms. The highest BCUT2D eigenvalue weighted by molar-refractivity contribution is 7.85. The Labute approximate surface area is 119 Å². The number of hydrogen-bond donors (Lipinski definition) is 0. The zero-order chi connectivity index (χ0) is 14.8. The van der Waals surface area contributed by atoms with Crippen LogP contribution in [0.2, 0.25) is 0 Å². The maximum Gasteiger partial charge on any atom is 0.416 e. The van der Waals surface area contributed by atoms with Gasteiger partial charge in [0.15, 0.2) is 0 Å². The van der Waals surface area contributed by atoms with E-state index in [1.54, 1.807) is 12.1 Å². The molecule has 0 N–H and O–H groups in total. The second kappa shape index (κ2) is 6.26. The first-order valence-corrected chi connectivity index (χ1v) is 8.09. The fraction of sp³-hybridized carbons (Fsp3) is 0.571. The fourth-order valence-corrected chi connectivity index (χ4v) is 3.48. The summed E-state index contributed by atoms with van der Waals surface area (Å²) >= 11 is 0. The Bertz CT molecular complexity index is 462. The third-order valence-electron chi connectivity index (χ3n) is 3.61. The van der Waals surface area contributed by atoms with Gasteiger partial charge in [-0.2, -0.15) is 13.2 Å². The van der Waals surface area contributed by atoms with Crippen molar-refractivity contribution in [3.05, 3.63) is 35.4 Å². The van der Waals surface area contributed by atoms with Gasteiger partial charge in [-0.05, 0) is 23.6 Å². The van der Waals surface area contributed by atoms with E-state index in [-0.39, 0.29) is 5.92 Å². The third-order valence-corrected chi connectivity index (χ3v) is 4.89. The van der Waals surface area contributed by atoms with Crippen LogP contribution in [0.1, 0.15) is 24.0 Å². The Morgan fingerprint density at radius 1 is 1.20 bits per heavy atom. The standard InChI is InChI=1S/C14H18F3NOS/c1-11(10-18-6-8-20(19)9-7-18)12-2-4-13(5-3-12)14(15,16)17/h2-5,11H,6-10H2,1H3/t11-/m1/s1. The maximum atomic E-state index is 12.5. The molecule has 2 rings (SSSR count). The molecule has 0 unspecified atom stereocenters. The Hall–Kier alpha value is -0.880. The van der Waals surface area contributed by atoms with Crippen molar-refractivity contribution < 1.29 is 17.4 Å². The van der Waals surface area contributed by atoms with E-state index in [1.807, 2.05) is 6.92 Å². The first-order chi connectivity index (χ1) is 9.36. The van der Waals surface area contributed by atoms with Crippen LogP contribution in [-0.4, -0.2) is 40.2 Å². The summed E-state index contributed by atoms with van der Waals surface area (Å²) in [6.07, 6.45) is -4.28. The van der Waals surface area contributed by atoms with Crippen LogP contribution in [0.15, 0.2) is 24.3 Å². The number of nitrogens with zero attached hydrogens (tertiary/aromatic N) is 1. The first-order valence-electron chi connectivity index (χ1n) is 6.61. The third kappa shape index (κ3) is 4.06. The van der Waals surface area contributed by atoms with E-state index in [9.17, 15) is 17.4 Å². The molecule has 0 saturated carbocycles. The van der Waals surface area contributed by atoms with Gasteiger partial charge in [-0.1, -0.05) is 19.1 Å². The molecule has 1 aromatic rings. The minimum absolute atomic E-state index is 0.170. The van der Waals surface area contributed by atoms with Crippen molar-refractivity contribution in [3.8, 4) is 0 Å². The number of rotatable bonds is 3. The minimum Gasteiger partial charge on any atom is -0.301 e. The summed E-state index contributed by atoms with van der Waals surface area (Å²) in [4.78, 5) is 2.23. The molecule has 1 aromatic carbocycles. The lowest BCUT2D eigenvalue weighted by Gasteiger charge is -2.29. The molecule has 0 spiro atoms. The summed E-state index contributed by atoms with van der Waals surface area (Å²) in [5.74, 6) is 1.56. The highest BCUT2D eigenvalue weighted by Crippen LogP contribution is 2.30. The van der Waals surface area contributed by atoms with Crippen LogP contribution in [-0.2, 0) is 17.0 Å². The Kier molecular flexibility index (Phi) is 4.86. The zero-order valence-corrected chi connectivity index (χ0v) is 12.1. The highest BCUT2D eigenvalue weighted by Gasteiger charge is 2.30. The molecule has 1 fully saturated rings. The maximum absolute atomic E-state index is 12.5. The lowest BCUT2D eigenvalue weighted by atomic mass is 9.99. The average Bonchev–Trinajstić information content (AvgIpc) is 2.40. The lowest BCUT2D eigenvalue weighted by Crippen LogP contribution is -2.39. The van der Waals surface area contributed by atoms with Crippen molar-refractivity contribution in [3.63, 3.8) is 0 Å². The Morgan fingerprint density at radius 2 is 1.75 bits per heavy atom. The number of hydrogen-bond acceptors (Lipinski definition) is 2. The molecule has 1 aliphatic heterocycles. The summed E-state index contributed by atoms with van der Waals surface area (Å²) in [5, 5.41) is 0. The summed E-state index contributed by atoms with van der Waals surface area (Å²) < 4.78 is 48.8. The largest absolute Gasteiger partial charge is 0.416 e. The van der Waals surface area contributed by atoms with Crippen molar-refractivity contribution >= 4 is 10.8 Å². The molecule has 0 radical (unpaired) electrons. The summed E-state index contributed by atoms with van der Waals surface area (Å²) in [6, 6.07) is 5.37. The molecule has 1 atom stereocenters. The smallest absolute Gasteiger partial charge is 0.301 e. The molecule has 0 aliphatic carbocycles. The second-order valence-electron chi connectivity index (χ2n) is 5.17. The van der Waals surface area contributed by atoms with Crippen LogP contribution >= 0.6 is 0 Å². The highest BCUT2D eigenvalue weighted by atomic mass is 32.2. The van der Waals surface area contributed by atoms with Gasteiger partial charge in [0.2, 0.25) is 0 Å². The minimum atomic E-state index is -4.28. The number of halogens is 3. The first kappa shape index (κ1) is 15.5. The van der Waals surface area contributed by atoms with Crippen LogP contribution in [0.3, 0.4) is 0 Å². The Morgan fingerprint density at radius 3 is 2.25 bits per heavy atom. The number of alkyl halides is 3. The van der Waals surface area contributed by atoms with Gasteiger partial charge in [0, 0.05) is 41.9 Å². The van der Waals surface area contributed by atoms with Crippen molar-refractivity contribution in [1.82, 2.24) is 4.90 Å². The van der Waals surface area contributed by atoms with Gasteiger partial charge in [-0.25, -0.2) is 0 Å².